The number of hydrogen-bond acceptors (Lipinski definition) is 4. The van der Waals surface area contributed by atoms with Gasteiger partial charge in [0.15, 0.2) is 5.96 Å². The van der Waals surface area contributed by atoms with Gasteiger partial charge in [0.05, 0.1) is 12.8 Å². The van der Waals surface area contributed by atoms with E-state index in [9.17, 15) is 5.11 Å². The first-order chi connectivity index (χ1) is 12.2. The Morgan fingerprint density at radius 2 is 2.12 bits per heavy atom. The van der Waals surface area contributed by atoms with E-state index < -0.39 is 6.10 Å². The minimum atomic E-state index is -0.683. The molecule has 26 heavy (non-hydrogen) atoms. The van der Waals surface area contributed by atoms with Crippen LogP contribution in [-0.4, -0.2) is 43.9 Å². The van der Waals surface area contributed by atoms with Crippen LogP contribution in [0.3, 0.4) is 0 Å². The van der Waals surface area contributed by atoms with Crippen LogP contribution >= 0.6 is 24.0 Å². The molecular formula is C19H34IN3O3. The lowest BCUT2D eigenvalue weighted by Gasteiger charge is -2.27. The third-order valence-corrected chi connectivity index (χ3v) is 4.90. The number of nitrogens with zero attached hydrogens (tertiary/aromatic N) is 1. The Morgan fingerprint density at radius 3 is 2.73 bits per heavy atom. The van der Waals surface area contributed by atoms with Crippen molar-refractivity contribution in [3.05, 3.63) is 24.2 Å². The second kappa shape index (κ2) is 12.6. The van der Waals surface area contributed by atoms with E-state index in [4.69, 9.17) is 14.1 Å². The van der Waals surface area contributed by atoms with Crippen LogP contribution in [0.15, 0.2) is 27.8 Å². The maximum Gasteiger partial charge on any atom is 0.191 e. The Morgan fingerprint density at radius 1 is 1.35 bits per heavy atom. The van der Waals surface area contributed by atoms with Crippen LogP contribution in [0.4, 0.5) is 0 Å². The first-order valence-electron chi connectivity index (χ1n) is 9.50. The lowest BCUT2D eigenvalue weighted by Crippen LogP contribution is -2.40. The molecule has 1 fully saturated rings. The highest BCUT2D eigenvalue weighted by Crippen LogP contribution is 2.41. The van der Waals surface area contributed by atoms with Gasteiger partial charge in [0.25, 0.3) is 0 Å². The SMILES string of the molecule is CCNC(=NCC1(CCOCC)CCCC1)NCC(O)c1ccco1.I. The largest absolute Gasteiger partial charge is 0.467 e. The van der Waals surface area contributed by atoms with Gasteiger partial charge in [-0.05, 0) is 50.7 Å². The second-order valence-electron chi connectivity index (χ2n) is 6.76. The normalized spacial score (nSPS) is 17.6. The summed E-state index contributed by atoms with van der Waals surface area (Å²) < 4.78 is 10.8. The lowest BCUT2D eigenvalue weighted by molar-refractivity contribution is 0.107. The lowest BCUT2D eigenvalue weighted by atomic mass is 9.83. The molecule has 1 aliphatic rings. The van der Waals surface area contributed by atoms with Crippen molar-refractivity contribution < 1.29 is 14.3 Å². The van der Waals surface area contributed by atoms with Crippen LogP contribution in [0, 0.1) is 5.41 Å². The van der Waals surface area contributed by atoms with E-state index in [1.807, 2.05) is 13.8 Å². The summed E-state index contributed by atoms with van der Waals surface area (Å²) in [7, 11) is 0. The molecule has 150 valence electrons. The van der Waals surface area contributed by atoms with Crippen molar-refractivity contribution in [3.8, 4) is 0 Å². The smallest absolute Gasteiger partial charge is 0.191 e. The van der Waals surface area contributed by atoms with Crippen molar-refractivity contribution in [1.29, 1.82) is 0 Å². The van der Waals surface area contributed by atoms with Gasteiger partial charge < -0.3 is 24.9 Å². The predicted octanol–water partition coefficient (Wildman–Crippen LogP) is 3.47. The van der Waals surface area contributed by atoms with Crippen LogP contribution in [-0.2, 0) is 4.74 Å². The van der Waals surface area contributed by atoms with Gasteiger partial charge in [0.2, 0.25) is 0 Å². The summed E-state index contributed by atoms with van der Waals surface area (Å²) in [5.41, 5.74) is 0.261. The van der Waals surface area contributed by atoms with E-state index in [2.05, 4.69) is 10.6 Å². The van der Waals surface area contributed by atoms with Crippen molar-refractivity contribution >= 4 is 29.9 Å². The number of hydrogen-bond donors (Lipinski definition) is 3. The Hall–Kier alpha value is -0.800. The zero-order valence-corrected chi connectivity index (χ0v) is 18.3. The molecule has 1 atom stereocenters. The van der Waals surface area contributed by atoms with Crippen molar-refractivity contribution in [2.24, 2.45) is 10.4 Å². The molecule has 1 aromatic heterocycles. The Labute approximate surface area is 174 Å². The molecule has 0 amide bonds. The van der Waals surface area contributed by atoms with E-state index in [-0.39, 0.29) is 29.4 Å². The van der Waals surface area contributed by atoms with E-state index >= 15 is 0 Å². The molecule has 0 spiro atoms. The molecule has 1 unspecified atom stereocenters. The molecule has 3 N–H and O–H groups in total. The number of aliphatic imine (C=N–C) groups is 1. The van der Waals surface area contributed by atoms with Gasteiger partial charge in [-0.15, -0.1) is 24.0 Å². The average Bonchev–Trinajstić information content (AvgIpc) is 3.30. The van der Waals surface area contributed by atoms with Crippen LogP contribution in [0.25, 0.3) is 0 Å². The number of nitrogens with one attached hydrogen (secondary N) is 2. The molecule has 0 saturated heterocycles. The number of ether oxygens (including phenoxy) is 1. The first-order valence-corrected chi connectivity index (χ1v) is 9.50. The number of furan rings is 1. The van der Waals surface area contributed by atoms with Gasteiger partial charge in [-0.25, -0.2) is 0 Å². The van der Waals surface area contributed by atoms with E-state index in [1.54, 1.807) is 18.4 Å². The van der Waals surface area contributed by atoms with Crippen molar-refractivity contribution in [2.75, 3.05) is 32.8 Å². The quantitative estimate of drug-likeness (QED) is 0.207. The number of guanidine groups is 1. The molecule has 0 radical (unpaired) electrons. The van der Waals surface area contributed by atoms with E-state index in [0.717, 1.165) is 38.7 Å². The zero-order valence-electron chi connectivity index (χ0n) is 16.0. The summed E-state index contributed by atoms with van der Waals surface area (Å²) in [6.07, 6.45) is 6.96. The van der Waals surface area contributed by atoms with Gasteiger partial charge in [-0.2, -0.15) is 0 Å². The average molecular weight is 479 g/mol. The number of aliphatic hydroxyl groups excluding tert-OH is 1. The summed E-state index contributed by atoms with van der Waals surface area (Å²) in [5, 5.41) is 16.6. The highest BCUT2D eigenvalue weighted by atomic mass is 127. The standard InChI is InChI=1S/C19H33N3O3.HI/c1-3-20-18(21-14-16(23)17-8-7-12-25-17)22-15-19(9-5-6-10-19)11-13-24-4-2;/h7-8,12,16,23H,3-6,9-11,13-15H2,1-2H3,(H2,20,21,22);1H. The second-order valence-corrected chi connectivity index (χ2v) is 6.76. The zero-order chi connectivity index (χ0) is 18.0. The first kappa shape index (κ1) is 23.2. The fourth-order valence-electron chi connectivity index (χ4n) is 3.41. The van der Waals surface area contributed by atoms with Crippen molar-refractivity contribution in [2.45, 2.75) is 52.1 Å². The predicted molar refractivity (Wildman–Crippen MR) is 115 cm³/mol. The fourth-order valence-corrected chi connectivity index (χ4v) is 3.41. The highest BCUT2D eigenvalue weighted by molar-refractivity contribution is 14.0. The fraction of sp³-hybridized carbons (Fsp3) is 0.737. The van der Waals surface area contributed by atoms with E-state index in [0.29, 0.717) is 12.3 Å². The molecule has 6 nitrogen and oxygen atoms in total. The Balaban J connectivity index is 0.00000338. The molecule has 0 aromatic carbocycles. The van der Waals surface area contributed by atoms with Crippen LogP contribution in [0.2, 0.25) is 0 Å². The summed E-state index contributed by atoms with van der Waals surface area (Å²) in [4.78, 5) is 4.80. The minimum absolute atomic E-state index is 0. The molecule has 2 rings (SSSR count). The molecule has 7 heteroatoms. The van der Waals surface area contributed by atoms with Crippen LogP contribution < -0.4 is 10.6 Å². The highest BCUT2D eigenvalue weighted by Gasteiger charge is 2.33. The molecule has 0 aliphatic heterocycles. The number of halogens is 1. The van der Waals surface area contributed by atoms with Gasteiger partial charge in [-0.3, -0.25) is 4.99 Å². The third kappa shape index (κ3) is 7.44. The third-order valence-electron chi connectivity index (χ3n) is 4.90. The Bertz CT molecular complexity index is 502. The van der Waals surface area contributed by atoms with Gasteiger partial charge in [0, 0.05) is 26.3 Å². The molecule has 1 saturated carbocycles. The number of aliphatic hydroxyl groups is 1. The topological polar surface area (TPSA) is 79.0 Å². The number of rotatable bonds is 10. The molecule has 1 heterocycles. The molecular weight excluding hydrogens is 445 g/mol. The minimum Gasteiger partial charge on any atom is -0.467 e. The van der Waals surface area contributed by atoms with Gasteiger partial charge in [-0.1, -0.05) is 12.8 Å². The maximum absolute atomic E-state index is 10.1. The molecule has 1 aliphatic carbocycles. The van der Waals surface area contributed by atoms with E-state index in [1.165, 1.54) is 25.7 Å². The summed E-state index contributed by atoms with van der Waals surface area (Å²) >= 11 is 0. The molecule has 1 aromatic rings. The Kier molecular flexibility index (Phi) is 11.2. The summed E-state index contributed by atoms with van der Waals surface area (Å²) in [6.45, 7) is 7.62. The summed E-state index contributed by atoms with van der Waals surface area (Å²) in [6, 6.07) is 3.55. The molecule has 0 bridgehead atoms. The van der Waals surface area contributed by atoms with Crippen molar-refractivity contribution in [1.82, 2.24) is 10.6 Å². The van der Waals surface area contributed by atoms with Crippen LogP contribution in [0.1, 0.15) is 57.8 Å². The van der Waals surface area contributed by atoms with Gasteiger partial charge >= 0.3 is 0 Å². The van der Waals surface area contributed by atoms with Crippen molar-refractivity contribution in [3.63, 3.8) is 0 Å². The maximum atomic E-state index is 10.1. The van der Waals surface area contributed by atoms with Crippen LogP contribution in [0.5, 0.6) is 0 Å². The monoisotopic (exact) mass is 479 g/mol. The van der Waals surface area contributed by atoms with Gasteiger partial charge in [0.1, 0.15) is 11.9 Å². The summed E-state index contributed by atoms with van der Waals surface area (Å²) in [5.74, 6) is 1.31.